The Morgan fingerprint density at radius 1 is 1.18 bits per heavy atom. The molecule has 86 valence electrons. The largest absolute Gasteiger partial charge is 0.495 e. The number of carbonyl (C=O) groups is 1. The minimum absolute atomic E-state index is 0.0971. The van der Waals surface area contributed by atoms with Crippen LogP contribution in [0.25, 0.3) is 0 Å². The first-order valence-corrected chi connectivity index (χ1v) is 5.80. The molecule has 0 amide bonds. The number of hydrogen-bond acceptors (Lipinski definition) is 3. The van der Waals surface area contributed by atoms with E-state index in [9.17, 15) is 4.79 Å². The van der Waals surface area contributed by atoms with Crippen LogP contribution in [0.1, 0.15) is 16.1 Å². The normalized spacial score (nSPS) is 10.0. The van der Waals surface area contributed by atoms with Crippen molar-refractivity contribution < 1.29 is 9.53 Å². The van der Waals surface area contributed by atoms with Crippen LogP contribution < -0.4 is 4.74 Å². The van der Waals surface area contributed by atoms with Crippen molar-refractivity contribution in [2.75, 3.05) is 7.11 Å². The van der Waals surface area contributed by atoms with Gasteiger partial charge in [-0.15, -0.1) is 0 Å². The lowest BCUT2D eigenvalue weighted by atomic mass is 10.1. The van der Waals surface area contributed by atoms with E-state index in [4.69, 9.17) is 4.74 Å². The van der Waals surface area contributed by atoms with Crippen LogP contribution in [-0.2, 0) is 0 Å². The highest BCUT2D eigenvalue weighted by Crippen LogP contribution is 2.15. The number of pyridine rings is 1. The van der Waals surface area contributed by atoms with Crippen LogP contribution in [0.3, 0.4) is 0 Å². The molecule has 2 rings (SSSR count). The zero-order valence-corrected chi connectivity index (χ0v) is 10.8. The molecular weight excluding hydrogens is 282 g/mol. The number of methoxy groups -OCH3 is 1. The highest BCUT2D eigenvalue weighted by Gasteiger charge is 2.10. The van der Waals surface area contributed by atoms with Gasteiger partial charge in [0.05, 0.1) is 13.3 Å². The first-order chi connectivity index (χ1) is 8.20. The van der Waals surface area contributed by atoms with Gasteiger partial charge in [0.2, 0.25) is 5.78 Å². The average molecular weight is 292 g/mol. The third kappa shape index (κ3) is 2.71. The van der Waals surface area contributed by atoms with Gasteiger partial charge in [0.25, 0.3) is 0 Å². The molecule has 0 saturated heterocycles. The maximum absolute atomic E-state index is 12.0. The Balaban J connectivity index is 2.27. The van der Waals surface area contributed by atoms with Crippen LogP contribution in [0.2, 0.25) is 0 Å². The minimum Gasteiger partial charge on any atom is -0.495 e. The van der Waals surface area contributed by atoms with Gasteiger partial charge in [-0.1, -0.05) is 15.9 Å². The van der Waals surface area contributed by atoms with Crippen LogP contribution in [0, 0.1) is 0 Å². The van der Waals surface area contributed by atoms with E-state index in [2.05, 4.69) is 20.9 Å². The van der Waals surface area contributed by atoms with Crippen molar-refractivity contribution in [3.05, 3.63) is 58.3 Å². The predicted molar refractivity (Wildman–Crippen MR) is 68.4 cm³/mol. The number of carbonyl (C=O) groups excluding carboxylic acids is 1. The van der Waals surface area contributed by atoms with E-state index < -0.39 is 0 Å². The average Bonchev–Trinajstić information content (AvgIpc) is 2.39. The number of rotatable bonds is 3. The molecule has 0 aliphatic heterocycles. The summed E-state index contributed by atoms with van der Waals surface area (Å²) in [7, 11) is 1.56. The molecule has 4 heteroatoms. The van der Waals surface area contributed by atoms with Crippen molar-refractivity contribution >= 4 is 21.7 Å². The summed E-state index contributed by atoms with van der Waals surface area (Å²) < 4.78 is 5.93. The Morgan fingerprint density at radius 3 is 2.41 bits per heavy atom. The molecule has 0 bridgehead atoms. The monoisotopic (exact) mass is 291 g/mol. The van der Waals surface area contributed by atoms with Crippen LogP contribution in [0.4, 0.5) is 0 Å². The third-order valence-electron chi connectivity index (χ3n) is 2.31. The number of benzene rings is 1. The van der Waals surface area contributed by atoms with Crippen molar-refractivity contribution in [1.29, 1.82) is 0 Å². The first-order valence-electron chi connectivity index (χ1n) is 5.01. The number of nitrogens with zero attached hydrogens (tertiary/aromatic N) is 1. The van der Waals surface area contributed by atoms with Crippen LogP contribution in [0.15, 0.2) is 47.1 Å². The summed E-state index contributed by atoms with van der Waals surface area (Å²) in [6, 6.07) is 10.6. The summed E-state index contributed by atoms with van der Waals surface area (Å²) >= 11 is 3.33. The van der Waals surface area contributed by atoms with E-state index in [1.54, 1.807) is 31.4 Å². The molecule has 0 saturated carbocycles. The second-order valence-electron chi connectivity index (χ2n) is 3.42. The zero-order valence-electron chi connectivity index (χ0n) is 9.18. The fourth-order valence-corrected chi connectivity index (χ4v) is 1.65. The summed E-state index contributed by atoms with van der Waals surface area (Å²) in [6.07, 6.45) is 1.53. The third-order valence-corrected chi connectivity index (χ3v) is 2.84. The summed E-state index contributed by atoms with van der Waals surface area (Å²) in [4.78, 5) is 16.1. The maximum Gasteiger partial charge on any atom is 0.211 e. The van der Waals surface area contributed by atoms with E-state index in [1.165, 1.54) is 6.20 Å². The lowest BCUT2D eigenvalue weighted by molar-refractivity contribution is 0.103. The molecule has 17 heavy (non-hydrogen) atoms. The summed E-state index contributed by atoms with van der Waals surface area (Å²) in [5.74, 6) is 0.539. The van der Waals surface area contributed by atoms with Gasteiger partial charge in [-0.25, -0.2) is 4.98 Å². The first kappa shape index (κ1) is 11.8. The number of halogens is 1. The van der Waals surface area contributed by atoms with Gasteiger partial charge < -0.3 is 4.74 Å². The van der Waals surface area contributed by atoms with E-state index in [0.29, 0.717) is 17.0 Å². The van der Waals surface area contributed by atoms with Gasteiger partial charge in [0.15, 0.2) is 0 Å². The molecule has 1 aromatic heterocycles. The standard InChI is InChI=1S/C13H10BrNO2/c1-17-11-6-7-12(15-8-11)13(16)9-2-4-10(14)5-3-9/h2-8H,1H3. The van der Waals surface area contributed by atoms with Gasteiger partial charge in [-0.3, -0.25) is 4.79 Å². The zero-order chi connectivity index (χ0) is 12.3. The molecule has 0 aliphatic rings. The van der Waals surface area contributed by atoms with Gasteiger partial charge >= 0.3 is 0 Å². The fraction of sp³-hybridized carbons (Fsp3) is 0.0769. The second-order valence-corrected chi connectivity index (χ2v) is 4.33. The highest BCUT2D eigenvalue weighted by atomic mass is 79.9. The minimum atomic E-state index is -0.0971. The smallest absolute Gasteiger partial charge is 0.211 e. The Kier molecular flexibility index (Phi) is 3.54. The molecule has 3 nitrogen and oxygen atoms in total. The molecular formula is C13H10BrNO2. The molecule has 0 aliphatic carbocycles. The Hall–Kier alpha value is -1.68. The molecule has 1 aromatic carbocycles. The van der Waals surface area contributed by atoms with Crippen molar-refractivity contribution in [2.24, 2.45) is 0 Å². The molecule has 0 N–H and O–H groups in total. The second kappa shape index (κ2) is 5.10. The number of ether oxygens (including phenoxy) is 1. The topological polar surface area (TPSA) is 39.2 Å². The summed E-state index contributed by atoms with van der Waals surface area (Å²) in [5.41, 5.74) is 1.03. The summed E-state index contributed by atoms with van der Waals surface area (Å²) in [5, 5.41) is 0. The van der Waals surface area contributed by atoms with Crippen molar-refractivity contribution in [3.63, 3.8) is 0 Å². The highest BCUT2D eigenvalue weighted by molar-refractivity contribution is 9.10. The molecule has 0 unspecified atom stereocenters. The summed E-state index contributed by atoms with van der Waals surface area (Å²) in [6.45, 7) is 0. The predicted octanol–water partition coefficient (Wildman–Crippen LogP) is 3.08. The molecule has 0 spiro atoms. The van der Waals surface area contributed by atoms with Gasteiger partial charge in [0.1, 0.15) is 11.4 Å². The van der Waals surface area contributed by atoms with Crippen molar-refractivity contribution in [3.8, 4) is 5.75 Å². The fourth-order valence-electron chi connectivity index (χ4n) is 1.38. The van der Waals surface area contributed by atoms with Crippen LogP contribution in [0.5, 0.6) is 5.75 Å². The number of aromatic nitrogens is 1. The van der Waals surface area contributed by atoms with Gasteiger partial charge in [-0.2, -0.15) is 0 Å². The molecule has 0 fully saturated rings. The quantitative estimate of drug-likeness (QED) is 0.816. The Morgan fingerprint density at radius 2 is 1.88 bits per heavy atom. The lowest BCUT2D eigenvalue weighted by Gasteiger charge is -2.02. The Labute approximate surface area is 108 Å². The lowest BCUT2D eigenvalue weighted by Crippen LogP contribution is -2.03. The van der Waals surface area contributed by atoms with E-state index >= 15 is 0 Å². The molecule has 1 heterocycles. The SMILES string of the molecule is COc1ccc(C(=O)c2ccc(Br)cc2)nc1. The molecule has 2 aromatic rings. The maximum atomic E-state index is 12.0. The Bertz CT molecular complexity index is 520. The number of hydrogen-bond donors (Lipinski definition) is 0. The number of ketones is 1. The van der Waals surface area contributed by atoms with Crippen molar-refractivity contribution in [1.82, 2.24) is 4.98 Å². The van der Waals surface area contributed by atoms with E-state index in [0.717, 1.165) is 4.47 Å². The van der Waals surface area contributed by atoms with Crippen LogP contribution >= 0.6 is 15.9 Å². The van der Waals surface area contributed by atoms with E-state index in [-0.39, 0.29) is 5.78 Å². The molecule has 0 atom stereocenters. The molecule has 0 radical (unpaired) electrons. The van der Waals surface area contributed by atoms with Gasteiger partial charge in [0, 0.05) is 10.0 Å². The van der Waals surface area contributed by atoms with Crippen molar-refractivity contribution in [2.45, 2.75) is 0 Å². The van der Waals surface area contributed by atoms with Crippen LogP contribution in [-0.4, -0.2) is 17.9 Å². The van der Waals surface area contributed by atoms with Gasteiger partial charge in [-0.05, 0) is 36.4 Å². The van der Waals surface area contributed by atoms with E-state index in [1.807, 2.05) is 12.1 Å².